The zero-order valence-corrected chi connectivity index (χ0v) is 9.39. The fraction of sp³-hybridized carbons (Fsp3) is 1.00. The molecule has 2 aliphatic carbocycles. The average Bonchev–Trinajstić information content (AvgIpc) is 2.64. The SMILES string of the molecule is CC(Cl)CCCC1CC2CCC1C2. The zero-order chi connectivity index (χ0) is 9.26. The Morgan fingerprint density at radius 2 is 2.15 bits per heavy atom. The predicted octanol–water partition coefficient (Wildman–Crippen LogP) is 4.22. The van der Waals surface area contributed by atoms with Crippen molar-refractivity contribution in [3.8, 4) is 0 Å². The summed E-state index contributed by atoms with van der Waals surface area (Å²) in [6.07, 6.45) is 10.2. The van der Waals surface area contributed by atoms with Gasteiger partial charge in [0.2, 0.25) is 0 Å². The molecule has 76 valence electrons. The number of halogens is 1. The van der Waals surface area contributed by atoms with Gasteiger partial charge in [0.1, 0.15) is 0 Å². The Morgan fingerprint density at radius 3 is 2.69 bits per heavy atom. The number of alkyl halides is 1. The average molecular weight is 201 g/mol. The Labute approximate surface area is 87.0 Å². The van der Waals surface area contributed by atoms with Crippen LogP contribution in [0.5, 0.6) is 0 Å². The standard InChI is InChI=1S/C12H21Cl/c1-9(13)3-2-4-11-7-10-5-6-12(11)8-10/h9-12H,2-8H2,1H3. The van der Waals surface area contributed by atoms with Gasteiger partial charge in [0.05, 0.1) is 0 Å². The van der Waals surface area contributed by atoms with Gasteiger partial charge in [-0.1, -0.05) is 19.3 Å². The maximum atomic E-state index is 5.94. The van der Waals surface area contributed by atoms with Gasteiger partial charge in [-0.15, -0.1) is 11.6 Å². The van der Waals surface area contributed by atoms with Crippen LogP contribution in [0.3, 0.4) is 0 Å². The summed E-state index contributed by atoms with van der Waals surface area (Å²) in [4.78, 5) is 0. The van der Waals surface area contributed by atoms with Crippen LogP contribution in [-0.4, -0.2) is 5.38 Å². The monoisotopic (exact) mass is 200 g/mol. The fourth-order valence-corrected chi connectivity index (χ4v) is 3.55. The zero-order valence-electron chi connectivity index (χ0n) is 8.64. The Bertz CT molecular complexity index is 165. The highest BCUT2D eigenvalue weighted by molar-refractivity contribution is 6.20. The summed E-state index contributed by atoms with van der Waals surface area (Å²) in [6, 6.07) is 0. The quantitative estimate of drug-likeness (QED) is 0.597. The summed E-state index contributed by atoms with van der Waals surface area (Å²) in [6.45, 7) is 2.11. The Morgan fingerprint density at radius 1 is 1.31 bits per heavy atom. The molecule has 2 fully saturated rings. The molecule has 4 unspecified atom stereocenters. The molecular formula is C12H21Cl. The van der Waals surface area contributed by atoms with Crippen molar-refractivity contribution in [2.45, 2.75) is 57.2 Å². The topological polar surface area (TPSA) is 0 Å². The van der Waals surface area contributed by atoms with Crippen LogP contribution in [0.1, 0.15) is 51.9 Å². The van der Waals surface area contributed by atoms with E-state index in [9.17, 15) is 0 Å². The number of fused-ring (bicyclic) bond motifs is 2. The van der Waals surface area contributed by atoms with Crippen LogP contribution in [0.15, 0.2) is 0 Å². The molecule has 0 radical (unpaired) electrons. The van der Waals surface area contributed by atoms with Gasteiger partial charge in [-0.05, 0) is 50.4 Å². The summed E-state index contributed by atoms with van der Waals surface area (Å²) in [5.74, 6) is 3.30. The molecule has 0 aliphatic heterocycles. The van der Waals surface area contributed by atoms with Crippen molar-refractivity contribution in [2.24, 2.45) is 17.8 Å². The third-order valence-electron chi connectivity index (χ3n) is 4.06. The Hall–Kier alpha value is 0.290. The summed E-state index contributed by atoms with van der Waals surface area (Å²) in [5, 5.41) is 0.388. The third kappa shape index (κ3) is 2.40. The van der Waals surface area contributed by atoms with E-state index < -0.39 is 0 Å². The smallest absolute Gasteiger partial charge is 0.0307 e. The van der Waals surface area contributed by atoms with Crippen molar-refractivity contribution in [3.05, 3.63) is 0 Å². The molecule has 4 atom stereocenters. The van der Waals surface area contributed by atoms with Gasteiger partial charge in [0, 0.05) is 5.38 Å². The van der Waals surface area contributed by atoms with E-state index in [1.165, 1.54) is 32.1 Å². The van der Waals surface area contributed by atoms with Crippen LogP contribution in [0.2, 0.25) is 0 Å². The van der Waals surface area contributed by atoms with E-state index in [0.29, 0.717) is 5.38 Å². The fourth-order valence-electron chi connectivity index (χ4n) is 3.39. The molecule has 0 aromatic carbocycles. The highest BCUT2D eigenvalue weighted by Crippen LogP contribution is 2.49. The normalized spacial score (nSPS) is 39.7. The summed E-state index contributed by atoms with van der Waals surface area (Å²) < 4.78 is 0. The number of rotatable bonds is 4. The molecule has 1 heteroatoms. The van der Waals surface area contributed by atoms with Crippen molar-refractivity contribution < 1.29 is 0 Å². The second-order valence-electron chi connectivity index (χ2n) is 5.15. The van der Waals surface area contributed by atoms with Crippen molar-refractivity contribution in [2.75, 3.05) is 0 Å². The summed E-state index contributed by atoms with van der Waals surface area (Å²) in [7, 11) is 0. The van der Waals surface area contributed by atoms with Gasteiger partial charge in [-0.2, -0.15) is 0 Å². The van der Waals surface area contributed by atoms with E-state index in [2.05, 4.69) is 6.92 Å². The molecule has 2 aliphatic rings. The predicted molar refractivity (Wildman–Crippen MR) is 58.1 cm³/mol. The van der Waals surface area contributed by atoms with Gasteiger partial charge in [0.25, 0.3) is 0 Å². The molecule has 0 aromatic rings. The van der Waals surface area contributed by atoms with E-state index in [-0.39, 0.29) is 0 Å². The first-order valence-corrected chi connectivity index (χ1v) is 6.33. The Balaban J connectivity index is 1.66. The molecule has 0 nitrogen and oxygen atoms in total. The van der Waals surface area contributed by atoms with E-state index in [0.717, 1.165) is 17.8 Å². The minimum atomic E-state index is 0.388. The lowest BCUT2D eigenvalue weighted by Crippen LogP contribution is -2.10. The molecule has 0 amide bonds. The minimum absolute atomic E-state index is 0.388. The number of hydrogen-bond donors (Lipinski definition) is 0. The van der Waals surface area contributed by atoms with Crippen molar-refractivity contribution >= 4 is 11.6 Å². The lowest BCUT2D eigenvalue weighted by molar-refractivity contribution is 0.306. The molecular weight excluding hydrogens is 180 g/mol. The van der Waals surface area contributed by atoms with Crippen molar-refractivity contribution in [1.82, 2.24) is 0 Å². The van der Waals surface area contributed by atoms with Gasteiger partial charge in [-0.3, -0.25) is 0 Å². The van der Waals surface area contributed by atoms with Crippen molar-refractivity contribution in [1.29, 1.82) is 0 Å². The van der Waals surface area contributed by atoms with E-state index in [4.69, 9.17) is 11.6 Å². The van der Waals surface area contributed by atoms with Crippen LogP contribution in [0.4, 0.5) is 0 Å². The first-order valence-electron chi connectivity index (χ1n) is 5.89. The molecule has 13 heavy (non-hydrogen) atoms. The molecule has 2 saturated carbocycles. The second-order valence-corrected chi connectivity index (χ2v) is 5.89. The van der Waals surface area contributed by atoms with E-state index in [1.54, 1.807) is 12.8 Å². The second kappa shape index (κ2) is 4.21. The molecule has 0 aromatic heterocycles. The summed E-state index contributed by atoms with van der Waals surface area (Å²) >= 11 is 5.94. The highest BCUT2D eigenvalue weighted by Gasteiger charge is 2.38. The van der Waals surface area contributed by atoms with Crippen LogP contribution in [0.25, 0.3) is 0 Å². The first kappa shape index (κ1) is 9.83. The van der Waals surface area contributed by atoms with Crippen LogP contribution in [-0.2, 0) is 0 Å². The lowest BCUT2D eigenvalue weighted by atomic mass is 9.85. The molecule has 2 bridgehead atoms. The number of hydrogen-bond acceptors (Lipinski definition) is 0. The van der Waals surface area contributed by atoms with Crippen LogP contribution in [0, 0.1) is 17.8 Å². The van der Waals surface area contributed by atoms with E-state index >= 15 is 0 Å². The minimum Gasteiger partial charge on any atom is -0.123 e. The first-order chi connectivity index (χ1) is 6.25. The van der Waals surface area contributed by atoms with Crippen LogP contribution >= 0.6 is 11.6 Å². The molecule has 0 spiro atoms. The third-order valence-corrected chi connectivity index (χ3v) is 4.28. The van der Waals surface area contributed by atoms with Gasteiger partial charge >= 0.3 is 0 Å². The van der Waals surface area contributed by atoms with Crippen LogP contribution < -0.4 is 0 Å². The van der Waals surface area contributed by atoms with Gasteiger partial charge in [-0.25, -0.2) is 0 Å². The molecule has 0 N–H and O–H groups in total. The van der Waals surface area contributed by atoms with Crippen molar-refractivity contribution in [3.63, 3.8) is 0 Å². The molecule has 0 saturated heterocycles. The van der Waals surface area contributed by atoms with E-state index in [1.807, 2.05) is 0 Å². The lowest BCUT2D eigenvalue weighted by Gasteiger charge is -2.21. The molecule has 2 rings (SSSR count). The highest BCUT2D eigenvalue weighted by atomic mass is 35.5. The maximum Gasteiger partial charge on any atom is 0.0307 e. The van der Waals surface area contributed by atoms with Gasteiger partial charge in [0.15, 0.2) is 0 Å². The Kier molecular flexibility index (Phi) is 3.18. The van der Waals surface area contributed by atoms with Gasteiger partial charge < -0.3 is 0 Å². The maximum absolute atomic E-state index is 5.94. The summed E-state index contributed by atoms with van der Waals surface area (Å²) in [5.41, 5.74) is 0. The molecule has 0 heterocycles. The largest absolute Gasteiger partial charge is 0.123 e.